The van der Waals surface area contributed by atoms with Gasteiger partial charge in [-0.3, -0.25) is 4.79 Å². The van der Waals surface area contributed by atoms with Gasteiger partial charge in [0.15, 0.2) is 0 Å². The molecule has 0 saturated heterocycles. The first kappa shape index (κ1) is 16.6. The van der Waals surface area contributed by atoms with Gasteiger partial charge in [-0.05, 0) is 19.6 Å². The van der Waals surface area contributed by atoms with Crippen LogP contribution in [0.25, 0.3) is 0 Å². The summed E-state index contributed by atoms with van der Waals surface area (Å²) in [5, 5.41) is 13.8. The number of carbonyl (C=O) groups excluding carboxylic acids is 2. The Morgan fingerprint density at radius 3 is 2.39 bits per heavy atom. The number of amides is 3. The standard InChI is InChI=1S/C10H19N3O4S/c1-6(5-18-2)12-10(17)13-7(9(15)16)3-4-8(11)14/h6-7H,3-5H2,1-2H3,(H2,11,14)(H,15,16)(H2,12,13,17)/t6?,7-/m0/s1. The minimum absolute atomic E-state index is 0.0189. The monoisotopic (exact) mass is 277 g/mol. The first-order valence-corrected chi connectivity index (χ1v) is 6.83. The van der Waals surface area contributed by atoms with Crippen LogP contribution in [0.1, 0.15) is 19.8 Å². The van der Waals surface area contributed by atoms with Gasteiger partial charge in [-0.1, -0.05) is 0 Å². The molecule has 0 aliphatic rings. The minimum atomic E-state index is -1.19. The molecule has 5 N–H and O–H groups in total. The second kappa shape index (κ2) is 8.62. The normalized spacial score (nSPS) is 13.4. The number of nitrogens with two attached hydrogens (primary N) is 1. The Balaban J connectivity index is 4.19. The Kier molecular flexibility index (Phi) is 7.93. The second-order valence-electron chi connectivity index (χ2n) is 3.87. The van der Waals surface area contributed by atoms with E-state index < -0.39 is 23.9 Å². The number of urea groups is 1. The van der Waals surface area contributed by atoms with Crippen LogP contribution in [-0.2, 0) is 9.59 Å². The van der Waals surface area contributed by atoms with Gasteiger partial charge in [-0.25, -0.2) is 9.59 Å². The first-order valence-electron chi connectivity index (χ1n) is 5.44. The van der Waals surface area contributed by atoms with Crippen molar-refractivity contribution in [2.24, 2.45) is 5.73 Å². The molecule has 18 heavy (non-hydrogen) atoms. The highest BCUT2D eigenvalue weighted by Gasteiger charge is 2.20. The zero-order valence-corrected chi connectivity index (χ0v) is 11.3. The van der Waals surface area contributed by atoms with E-state index in [2.05, 4.69) is 10.6 Å². The number of carboxylic acids is 1. The van der Waals surface area contributed by atoms with E-state index in [-0.39, 0.29) is 18.9 Å². The minimum Gasteiger partial charge on any atom is -0.480 e. The molecule has 0 saturated carbocycles. The van der Waals surface area contributed by atoms with E-state index in [0.717, 1.165) is 5.75 Å². The molecular formula is C10H19N3O4S. The van der Waals surface area contributed by atoms with Gasteiger partial charge in [0.1, 0.15) is 6.04 Å². The number of rotatable bonds is 8. The highest BCUT2D eigenvalue weighted by atomic mass is 32.2. The van der Waals surface area contributed by atoms with Crippen LogP contribution in [0.3, 0.4) is 0 Å². The van der Waals surface area contributed by atoms with Crippen LogP contribution < -0.4 is 16.4 Å². The fourth-order valence-corrected chi connectivity index (χ4v) is 1.84. The lowest BCUT2D eigenvalue weighted by molar-refractivity contribution is -0.139. The molecular weight excluding hydrogens is 258 g/mol. The summed E-state index contributed by atoms with van der Waals surface area (Å²) in [6.07, 6.45) is 1.80. The van der Waals surface area contributed by atoms with Crippen molar-refractivity contribution in [1.82, 2.24) is 10.6 Å². The fourth-order valence-electron chi connectivity index (χ4n) is 1.26. The summed E-state index contributed by atoms with van der Waals surface area (Å²) in [6.45, 7) is 1.81. The molecule has 0 heterocycles. The number of hydrogen-bond donors (Lipinski definition) is 4. The molecule has 7 nitrogen and oxygen atoms in total. The van der Waals surface area contributed by atoms with Gasteiger partial charge >= 0.3 is 12.0 Å². The Morgan fingerprint density at radius 1 is 1.33 bits per heavy atom. The molecule has 0 bridgehead atoms. The van der Waals surface area contributed by atoms with Crippen LogP contribution in [0.15, 0.2) is 0 Å². The maximum absolute atomic E-state index is 11.5. The molecule has 1 unspecified atom stereocenters. The Hall–Kier alpha value is -1.44. The third-order valence-electron chi connectivity index (χ3n) is 2.08. The number of hydrogen-bond acceptors (Lipinski definition) is 4. The van der Waals surface area contributed by atoms with Gasteiger partial charge in [0.25, 0.3) is 0 Å². The summed E-state index contributed by atoms with van der Waals surface area (Å²) in [5.74, 6) is -1.06. The highest BCUT2D eigenvalue weighted by Crippen LogP contribution is 1.99. The Morgan fingerprint density at radius 2 is 1.94 bits per heavy atom. The van der Waals surface area contributed by atoms with Crippen molar-refractivity contribution in [3.8, 4) is 0 Å². The molecule has 0 aliphatic carbocycles. The number of carbonyl (C=O) groups is 3. The average Bonchev–Trinajstić information content (AvgIpc) is 2.23. The molecule has 0 spiro atoms. The van der Waals surface area contributed by atoms with E-state index in [4.69, 9.17) is 10.8 Å². The molecule has 0 rings (SSSR count). The lowest BCUT2D eigenvalue weighted by Gasteiger charge is -2.17. The molecule has 3 amide bonds. The molecule has 0 aliphatic heterocycles. The molecule has 0 aromatic carbocycles. The van der Waals surface area contributed by atoms with Crippen LogP contribution in [0.4, 0.5) is 4.79 Å². The van der Waals surface area contributed by atoms with Crippen molar-refractivity contribution in [2.45, 2.75) is 31.8 Å². The van der Waals surface area contributed by atoms with Gasteiger partial charge < -0.3 is 21.5 Å². The van der Waals surface area contributed by atoms with Crippen molar-refractivity contribution >= 4 is 29.7 Å². The topological polar surface area (TPSA) is 122 Å². The quantitative estimate of drug-likeness (QED) is 0.487. The smallest absolute Gasteiger partial charge is 0.326 e. The predicted octanol–water partition coefficient (Wildman–Crippen LogP) is -0.244. The maximum Gasteiger partial charge on any atom is 0.326 e. The fraction of sp³-hybridized carbons (Fsp3) is 0.700. The van der Waals surface area contributed by atoms with Gasteiger partial charge in [-0.15, -0.1) is 0 Å². The maximum atomic E-state index is 11.5. The zero-order valence-electron chi connectivity index (χ0n) is 10.4. The van der Waals surface area contributed by atoms with E-state index >= 15 is 0 Å². The summed E-state index contributed by atoms with van der Waals surface area (Å²) in [7, 11) is 0. The van der Waals surface area contributed by atoms with Crippen LogP contribution in [0, 0.1) is 0 Å². The number of primary amides is 1. The van der Waals surface area contributed by atoms with Crippen LogP contribution in [0.5, 0.6) is 0 Å². The summed E-state index contributed by atoms with van der Waals surface area (Å²) in [5.41, 5.74) is 4.93. The molecule has 104 valence electrons. The van der Waals surface area contributed by atoms with Crippen molar-refractivity contribution in [1.29, 1.82) is 0 Å². The third-order valence-corrected chi connectivity index (χ3v) is 2.91. The summed E-state index contributed by atoms with van der Waals surface area (Å²) >= 11 is 1.57. The van der Waals surface area contributed by atoms with Gasteiger partial charge in [0.2, 0.25) is 5.91 Å². The van der Waals surface area contributed by atoms with Crippen LogP contribution in [-0.4, -0.2) is 47.1 Å². The molecule has 0 radical (unpaired) electrons. The van der Waals surface area contributed by atoms with Gasteiger partial charge in [0.05, 0.1) is 0 Å². The lowest BCUT2D eigenvalue weighted by atomic mass is 10.1. The Bertz CT molecular complexity index is 311. The van der Waals surface area contributed by atoms with Crippen molar-refractivity contribution in [3.63, 3.8) is 0 Å². The van der Waals surface area contributed by atoms with E-state index in [1.807, 2.05) is 13.2 Å². The van der Waals surface area contributed by atoms with E-state index in [1.165, 1.54) is 0 Å². The molecule has 8 heteroatoms. The summed E-state index contributed by atoms with van der Waals surface area (Å²) < 4.78 is 0. The molecule has 2 atom stereocenters. The number of thioether (sulfide) groups is 1. The SMILES string of the molecule is CSCC(C)NC(=O)N[C@@H](CCC(N)=O)C(=O)O. The molecule has 0 fully saturated rings. The van der Waals surface area contributed by atoms with Crippen molar-refractivity contribution in [3.05, 3.63) is 0 Å². The number of nitrogens with one attached hydrogen (secondary N) is 2. The first-order chi connectivity index (χ1) is 8.36. The van der Waals surface area contributed by atoms with Gasteiger partial charge in [-0.2, -0.15) is 11.8 Å². The largest absolute Gasteiger partial charge is 0.480 e. The van der Waals surface area contributed by atoms with Crippen molar-refractivity contribution < 1.29 is 19.5 Å². The highest BCUT2D eigenvalue weighted by molar-refractivity contribution is 7.98. The zero-order chi connectivity index (χ0) is 14.1. The number of carboxylic acid groups (broad SMARTS) is 1. The third kappa shape index (κ3) is 7.77. The second-order valence-corrected chi connectivity index (χ2v) is 4.78. The summed E-state index contributed by atoms with van der Waals surface area (Å²) in [4.78, 5) is 32.9. The van der Waals surface area contributed by atoms with E-state index in [0.29, 0.717) is 0 Å². The van der Waals surface area contributed by atoms with Crippen LogP contribution >= 0.6 is 11.8 Å². The average molecular weight is 277 g/mol. The van der Waals surface area contributed by atoms with E-state index in [1.54, 1.807) is 11.8 Å². The summed E-state index contributed by atoms with van der Waals surface area (Å²) in [6, 6.07) is -1.74. The van der Waals surface area contributed by atoms with Crippen LogP contribution in [0.2, 0.25) is 0 Å². The van der Waals surface area contributed by atoms with Gasteiger partial charge in [0, 0.05) is 18.2 Å². The molecule has 0 aromatic heterocycles. The molecule has 0 aromatic rings. The lowest BCUT2D eigenvalue weighted by Crippen LogP contribution is -2.49. The number of aliphatic carboxylic acids is 1. The predicted molar refractivity (Wildman–Crippen MR) is 69.4 cm³/mol. The van der Waals surface area contributed by atoms with E-state index in [9.17, 15) is 14.4 Å². The Labute approximate surface area is 110 Å². The van der Waals surface area contributed by atoms with Crippen molar-refractivity contribution in [2.75, 3.05) is 12.0 Å².